The summed E-state index contributed by atoms with van der Waals surface area (Å²) >= 11 is 0. The van der Waals surface area contributed by atoms with E-state index in [4.69, 9.17) is 9.72 Å². The van der Waals surface area contributed by atoms with Gasteiger partial charge in [-0.2, -0.15) is 0 Å². The summed E-state index contributed by atoms with van der Waals surface area (Å²) in [5, 5.41) is 11.4. The molecule has 0 bridgehead atoms. The van der Waals surface area contributed by atoms with E-state index in [1.165, 1.54) is 29.5 Å². The molecule has 1 aromatic carbocycles. The fourth-order valence-electron chi connectivity index (χ4n) is 6.36. The van der Waals surface area contributed by atoms with Crippen molar-refractivity contribution >= 4 is 5.57 Å². The molecule has 5 rings (SSSR count). The van der Waals surface area contributed by atoms with Crippen LogP contribution >= 0.6 is 0 Å². The Kier molecular flexibility index (Phi) is 5.14. The molecule has 0 radical (unpaired) electrons. The molecule has 1 unspecified atom stereocenters. The van der Waals surface area contributed by atoms with Crippen LogP contribution in [0.3, 0.4) is 0 Å². The summed E-state index contributed by atoms with van der Waals surface area (Å²) < 4.78 is 7.05. The maximum atomic E-state index is 11.4. The van der Waals surface area contributed by atoms with Crippen LogP contribution in [0, 0.1) is 5.41 Å². The van der Waals surface area contributed by atoms with E-state index in [0.717, 1.165) is 53.8 Å². The Hall–Kier alpha value is -1.97. The Morgan fingerprint density at radius 1 is 1.12 bits per heavy atom. The molecule has 1 N–H and O–H groups in total. The van der Waals surface area contributed by atoms with Crippen molar-refractivity contribution in [2.24, 2.45) is 5.41 Å². The summed E-state index contributed by atoms with van der Waals surface area (Å²) in [7, 11) is 0. The van der Waals surface area contributed by atoms with Crippen molar-refractivity contribution in [2.45, 2.75) is 96.9 Å². The number of aliphatic hydroxyl groups is 1. The highest BCUT2D eigenvalue weighted by Crippen LogP contribution is 2.59. The number of aromatic nitrogens is 1. The van der Waals surface area contributed by atoms with E-state index in [0.29, 0.717) is 5.92 Å². The largest absolute Gasteiger partial charge is 0.388 e. The maximum Gasteiger partial charge on any atom is 0.111 e. The van der Waals surface area contributed by atoms with Crippen LogP contribution in [0.4, 0.5) is 0 Å². The second-order valence-electron chi connectivity index (χ2n) is 11.5. The average Bonchev–Trinajstić information content (AvgIpc) is 3.32. The summed E-state index contributed by atoms with van der Waals surface area (Å²) in [5.41, 5.74) is 9.05. The van der Waals surface area contributed by atoms with Gasteiger partial charge in [0, 0.05) is 22.5 Å². The summed E-state index contributed by atoms with van der Waals surface area (Å²) in [5.74, 6) is 0.300. The lowest BCUT2D eigenvalue weighted by atomic mass is 9.70. The van der Waals surface area contributed by atoms with E-state index in [2.05, 4.69) is 58.5 Å². The monoisotopic (exact) mass is 431 g/mol. The van der Waals surface area contributed by atoms with Gasteiger partial charge in [0.05, 0.1) is 11.7 Å². The molecule has 1 saturated carbocycles. The van der Waals surface area contributed by atoms with Crippen LogP contribution in [0.1, 0.15) is 124 Å². The third-order valence-corrected chi connectivity index (χ3v) is 7.83. The van der Waals surface area contributed by atoms with Crippen molar-refractivity contribution in [3.05, 3.63) is 70.0 Å². The first-order chi connectivity index (χ1) is 15.1. The van der Waals surface area contributed by atoms with Crippen LogP contribution in [-0.2, 0) is 16.8 Å². The lowest BCUT2D eigenvalue weighted by molar-refractivity contribution is -0.0580. The van der Waals surface area contributed by atoms with Gasteiger partial charge in [0.1, 0.15) is 6.10 Å². The van der Waals surface area contributed by atoms with Crippen LogP contribution < -0.4 is 0 Å². The molecule has 0 saturated heterocycles. The lowest BCUT2D eigenvalue weighted by Crippen LogP contribution is -2.32. The highest BCUT2D eigenvalue weighted by Gasteiger charge is 2.52. The highest BCUT2D eigenvalue weighted by molar-refractivity contribution is 5.62. The van der Waals surface area contributed by atoms with Crippen LogP contribution in [0.25, 0.3) is 5.57 Å². The van der Waals surface area contributed by atoms with Gasteiger partial charge in [-0.05, 0) is 60.6 Å². The van der Waals surface area contributed by atoms with E-state index in [9.17, 15) is 5.11 Å². The van der Waals surface area contributed by atoms with Crippen molar-refractivity contribution in [3.8, 4) is 0 Å². The summed E-state index contributed by atoms with van der Waals surface area (Å²) in [6.45, 7) is 15.1. The summed E-state index contributed by atoms with van der Waals surface area (Å²) in [6.07, 6.45) is 5.52. The van der Waals surface area contributed by atoms with Crippen molar-refractivity contribution in [3.63, 3.8) is 0 Å². The third kappa shape index (κ3) is 3.36. The standard InChI is InChI=1S/C29H37NO2/c1-17(2)19-9-11-20(12-10-19)27-24-25(29(32-27)13-7-8-14-29)23-21(30-26(24)18(3)4)15-28(5,6)16-22(23)31/h9-12,18,22,27,31H,1,7-8,13-16H2,2-6H3/t22?,27-/m1/s1. The van der Waals surface area contributed by atoms with Crippen LogP contribution in [0.2, 0.25) is 0 Å². The first kappa shape index (κ1) is 21.9. The molecule has 1 fully saturated rings. The Labute approximate surface area is 192 Å². The van der Waals surface area contributed by atoms with Gasteiger partial charge in [0.15, 0.2) is 0 Å². The SMILES string of the molecule is C=C(C)c1ccc([C@H]2OC3(CCCC3)c3c4c(nc(C(C)C)c32)CC(C)(C)CC4O)cc1. The predicted octanol–water partition coefficient (Wildman–Crippen LogP) is 7.13. The molecule has 2 heterocycles. The molecule has 3 aliphatic rings. The van der Waals surface area contributed by atoms with Crippen LogP contribution in [-0.4, -0.2) is 10.1 Å². The third-order valence-electron chi connectivity index (χ3n) is 7.83. The molecule has 2 aromatic rings. The van der Waals surface area contributed by atoms with Gasteiger partial charge in [0.2, 0.25) is 0 Å². The smallest absolute Gasteiger partial charge is 0.111 e. The number of nitrogens with zero attached hydrogens (tertiary/aromatic N) is 1. The molecule has 3 nitrogen and oxygen atoms in total. The van der Waals surface area contributed by atoms with Crippen molar-refractivity contribution in [1.29, 1.82) is 0 Å². The molecule has 1 spiro atoms. The molecule has 2 aliphatic carbocycles. The molecular formula is C29H37NO2. The van der Waals surface area contributed by atoms with Crippen LogP contribution in [0.5, 0.6) is 0 Å². The van der Waals surface area contributed by atoms with Gasteiger partial charge in [-0.1, -0.05) is 77.0 Å². The quantitative estimate of drug-likeness (QED) is 0.562. The maximum absolute atomic E-state index is 11.4. The Morgan fingerprint density at radius 2 is 1.78 bits per heavy atom. The molecule has 32 heavy (non-hydrogen) atoms. The number of rotatable bonds is 3. The molecule has 2 atom stereocenters. The zero-order valence-electron chi connectivity index (χ0n) is 20.3. The lowest BCUT2D eigenvalue weighted by Gasteiger charge is -2.38. The second-order valence-corrected chi connectivity index (χ2v) is 11.5. The van der Waals surface area contributed by atoms with E-state index in [1.54, 1.807) is 0 Å². The Bertz CT molecular complexity index is 1060. The fourth-order valence-corrected chi connectivity index (χ4v) is 6.36. The molecule has 1 aromatic heterocycles. The van der Waals surface area contributed by atoms with E-state index >= 15 is 0 Å². The number of ether oxygens (including phenoxy) is 1. The fraction of sp³-hybridized carbons (Fsp3) is 0.552. The van der Waals surface area contributed by atoms with E-state index in [1.807, 2.05) is 6.92 Å². The molecule has 0 amide bonds. The molecule has 1 aliphatic heterocycles. The highest BCUT2D eigenvalue weighted by atomic mass is 16.5. The van der Waals surface area contributed by atoms with Gasteiger partial charge in [-0.15, -0.1) is 0 Å². The van der Waals surface area contributed by atoms with Gasteiger partial charge < -0.3 is 9.84 Å². The van der Waals surface area contributed by atoms with Gasteiger partial charge >= 0.3 is 0 Å². The Morgan fingerprint density at radius 3 is 2.38 bits per heavy atom. The van der Waals surface area contributed by atoms with Crippen molar-refractivity contribution in [1.82, 2.24) is 4.98 Å². The first-order valence-corrected chi connectivity index (χ1v) is 12.3. The molecule has 3 heteroatoms. The molecular weight excluding hydrogens is 394 g/mol. The number of allylic oxidation sites excluding steroid dienone is 1. The topological polar surface area (TPSA) is 42.4 Å². The second kappa shape index (κ2) is 7.53. The van der Waals surface area contributed by atoms with Crippen LogP contribution in [0.15, 0.2) is 30.8 Å². The minimum Gasteiger partial charge on any atom is -0.388 e. The number of pyridine rings is 1. The number of hydrogen-bond acceptors (Lipinski definition) is 3. The number of aliphatic hydroxyl groups excluding tert-OH is 1. The number of benzene rings is 1. The zero-order chi connectivity index (χ0) is 22.8. The van der Waals surface area contributed by atoms with E-state index in [-0.39, 0.29) is 17.1 Å². The predicted molar refractivity (Wildman–Crippen MR) is 130 cm³/mol. The number of hydrogen-bond donors (Lipinski definition) is 1. The summed E-state index contributed by atoms with van der Waals surface area (Å²) in [6, 6.07) is 8.68. The first-order valence-electron chi connectivity index (χ1n) is 12.3. The molecule has 170 valence electrons. The summed E-state index contributed by atoms with van der Waals surface area (Å²) in [4.78, 5) is 5.25. The Balaban J connectivity index is 1.75. The van der Waals surface area contributed by atoms with Crippen molar-refractivity contribution in [2.75, 3.05) is 0 Å². The minimum atomic E-state index is -0.471. The zero-order valence-corrected chi connectivity index (χ0v) is 20.3. The number of fused-ring (bicyclic) bond motifs is 4. The van der Waals surface area contributed by atoms with Crippen molar-refractivity contribution < 1.29 is 9.84 Å². The average molecular weight is 432 g/mol. The normalized spacial score (nSPS) is 25.2. The minimum absolute atomic E-state index is 0.0575. The van der Waals surface area contributed by atoms with Gasteiger partial charge in [-0.3, -0.25) is 4.98 Å². The van der Waals surface area contributed by atoms with E-state index < -0.39 is 6.10 Å². The van der Waals surface area contributed by atoms with Gasteiger partial charge in [-0.25, -0.2) is 0 Å². The van der Waals surface area contributed by atoms with Gasteiger partial charge in [0.25, 0.3) is 0 Å².